The van der Waals surface area contributed by atoms with Crippen molar-refractivity contribution >= 4 is 50.5 Å². The van der Waals surface area contributed by atoms with Crippen LogP contribution in [0.3, 0.4) is 0 Å². The monoisotopic (exact) mass is 991 g/mol. The lowest BCUT2D eigenvalue weighted by molar-refractivity contribution is -0.144. The lowest BCUT2D eigenvalue weighted by atomic mass is 9.85. The van der Waals surface area contributed by atoms with Crippen molar-refractivity contribution in [1.82, 2.24) is 25.4 Å². The summed E-state index contributed by atoms with van der Waals surface area (Å²) in [6.07, 6.45) is 1.25. The van der Waals surface area contributed by atoms with Crippen molar-refractivity contribution in [3.8, 4) is 38.1 Å². The van der Waals surface area contributed by atoms with Gasteiger partial charge in [-0.3, -0.25) is 14.4 Å². The first-order valence-electron chi connectivity index (χ1n) is 23.9. The number of phenols is 1. The molecule has 2 fully saturated rings. The largest absolute Gasteiger partial charge is 0.508 e. The smallest absolute Gasteiger partial charge is 0.246 e. The number of aryl methyl sites for hydroxylation is 1. The molecule has 4 atom stereocenters. The molecule has 70 heavy (non-hydrogen) atoms. The number of rotatable bonds is 18. The van der Waals surface area contributed by atoms with Crippen molar-refractivity contribution in [3.05, 3.63) is 119 Å². The molecule has 0 spiro atoms. The number of hydrogen-bond donors (Lipinski definition) is 4. The number of carbonyl (C=O) groups is 3. The number of phenolic OH excluding ortho intramolecular Hbond substituents is 1. The third-order valence-corrected chi connectivity index (χ3v) is 15.3. The van der Waals surface area contributed by atoms with Crippen LogP contribution in [0.15, 0.2) is 96.5 Å². The molecule has 0 bridgehead atoms. The van der Waals surface area contributed by atoms with Gasteiger partial charge in [-0.2, -0.15) is 0 Å². The zero-order valence-electron chi connectivity index (χ0n) is 40.3. The average Bonchev–Trinajstić information content (AvgIpc) is 4.06. The summed E-state index contributed by atoms with van der Waals surface area (Å²) in [6.45, 7) is 12.8. The summed E-state index contributed by atoms with van der Waals surface area (Å²) in [5.41, 5.74) is 6.13. The number of carbonyl (C=O) groups excluding carboxylic acids is 3. The molecule has 0 radical (unpaired) electrons. The summed E-state index contributed by atoms with van der Waals surface area (Å²) in [5.74, 6) is 0.405. The van der Waals surface area contributed by atoms with Gasteiger partial charge in [-0.1, -0.05) is 69.3 Å². The van der Waals surface area contributed by atoms with Crippen LogP contribution in [0.25, 0.3) is 31.0 Å². The van der Waals surface area contributed by atoms with Crippen LogP contribution in [0.4, 0.5) is 4.39 Å². The van der Waals surface area contributed by atoms with Gasteiger partial charge in [0.1, 0.15) is 36.0 Å². The number of aliphatic hydroxyl groups excluding tert-OH is 1. The summed E-state index contributed by atoms with van der Waals surface area (Å²) < 4.78 is 32.6. The number of amides is 3. The Morgan fingerprint density at radius 2 is 1.57 bits per heavy atom. The van der Waals surface area contributed by atoms with Gasteiger partial charge < -0.3 is 44.9 Å². The summed E-state index contributed by atoms with van der Waals surface area (Å²) in [4.78, 5) is 50.9. The minimum absolute atomic E-state index is 0.0149. The van der Waals surface area contributed by atoms with Gasteiger partial charge in [-0.05, 0) is 116 Å². The molecule has 2 saturated heterocycles. The van der Waals surface area contributed by atoms with Gasteiger partial charge in [-0.15, -0.1) is 22.7 Å². The third kappa shape index (κ3) is 12.4. The van der Waals surface area contributed by atoms with E-state index >= 15 is 0 Å². The fraction of sp³-hybridized carbons (Fsp3) is 0.407. The molecule has 2 aliphatic heterocycles. The molecule has 4 aromatic carbocycles. The van der Waals surface area contributed by atoms with Crippen LogP contribution in [0.5, 0.6) is 17.2 Å². The Morgan fingerprint density at radius 1 is 0.886 bits per heavy atom. The molecule has 16 heteroatoms. The Morgan fingerprint density at radius 3 is 2.26 bits per heavy atom. The standard InChI is InChI=1S/C54H62FN5O8S2/c1-33(35-6-8-38(9-7-35)49-34(2)56-32-69-49)57-52(64)45-28-42(62)30-60(45)53(65)51(54(3,4)5)58-47(63)31-67-27-26-66-25-24-59-22-20-37(21-23-59)36-12-17-43(18-13-36)68-48-44-19-16-41(61)29-46(44)70-50(48)39-10-14-40(55)15-11-39/h6-19,29,32-33,37,42,45,51,61-62H,20-28,30-31H2,1-5H3,(H,57,64)(H,58,63)/t33-,42+,45-,51?/m0/s1. The van der Waals surface area contributed by atoms with Gasteiger partial charge in [0, 0.05) is 29.6 Å². The number of thiazole rings is 1. The summed E-state index contributed by atoms with van der Waals surface area (Å²) >= 11 is 3.07. The fourth-order valence-electron chi connectivity index (χ4n) is 9.17. The number of aromatic nitrogens is 1. The number of halogens is 1. The number of thiophene rings is 1. The summed E-state index contributed by atoms with van der Waals surface area (Å²) in [7, 11) is 0. The molecule has 0 aliphatic carbocycles. The minimum Gasteiger partial charge on any atom is -0.508 e. The van der Waals surface area contributed by atoms with E-state index in [0.717, 1.165) is 74.7 Å². The van der Waals surface area contributed by atoms with Gasteiger partial charge in [0.05, 0.1) is 52.9 Å². The van der Waals surface area contributed by atoms with Gasteiger partial charge in [0.2, 0.25) is 17.7 Å². The predicted octanol–water partition coefficient (Wildman–Crippen LogP) is 9.22. The number of nitrogens with one attached hydrogen (secondary N) is 2. The number of piperidine rings is 1. The number of aromatic hydroxyl groups is 1. The molecular formula is C54H62FN5O8S2. The molecule has 13 nitrogen and oxygen atoms in total. The molecule has 2 aromatic heterocycles. The van der Waals surface area contributed by atoms with Gasteiger partial charge in [0.15, 0.2) is 5.75 Å². The van der Waals surface area contributed by atoms with Crippen LogP contribution in [0.2, 0.25) is 0 Å². The predicted molar refractivity (Wildman–Crippen MR) is 272 cm³/mol. The second kappa shape index (κ2) is 22.6. The molecule has 3 amide bonds. The zero-order valence-corrected chi connectivity index (χ0v) is 41.9. The van der Waals surface area contributed by atoms with Crippen LogP contribution < -0.4 is 15.4 Å². The van der Waals surface area contributed by atoms with Crippen LogP contribution in [0.1, 0.15) is 75.7 Å². The lowest BCUT2D eigenvalue weighted by Gasteiger charge is -2.35. The molecule has 2 aliphatic rings. The zero-order chi connectivity index (χ0) is 49.5. The number of benzene rings is 4. The third-order valence-electron chi connectivity index (χ3n) is 13.1. The SMILES string of the molecule is Cc1ncsc1-c1ccc([C@H](C)NC(=O)[C@@H]2C[C@@H](O)CN2C(=O)C(NC(=O)COCCOCCN2CCC(c3ccc(Oc4c(-c5ccc(F)cc5)sc5cc(O)ccc45)cc3)CC2)C(C)(C)C)cc1. The second-order valence-electron chi connectivity index (χ2n) is 19.3. The van der Waals surface area contributed by atoms with E-state index < -0.39 is 35.4 Å². The van der Waals surface area contributed by atoms with E-state index in [1.165, 1.54) is 33.9 Å². The highest BCUT2D eigenvalue weighted by Crippen LogP contribution is 2.47. The highest BCUT2D eigenvalue weighted by atomic mass is 32.1. The van der Waals surface area contributed by atoms with E-state index in [2.05, 4.69) is 32.7 Å². The molecular weight excluding hydrogens is 930 g/mol. The molecule has 0 saturated carbocycles. The van der Waals surface area contributed by atoms with Crippen LogP contribution in [-0.2, 0) is 23.9 Å². The Hall–Kier alpha value is -5.75. The molecule has 1 unspecified atom stereocenters. The minimum atomic E-state index is -0.961. The van der Waals surface area contributed by atoms with E-state index in [1.807, 2.05) is 82.6 Å². The molecule has 8 rings (SSSR count). The summed E-state index contributed by atoms with van der Waals surface area (Å²) in [5, 5.41) is 27.5. The molecule has 370 valence electrons. The highest BCUT2D eigenvalue weighted by Gasteiger charge is 2.44. The van der Waals surface area contributed by atoms with Gasteiger partial charge in [-0.25, -0.2) is 9.37 Å². The number of β-amino-alcohol motifs (C(OH)–C–C–N with tert-alkyl or cyclic N) is 1. The van der Waals surface area contributed by atoms with Crippen molar-refractivity contribution in [2.45, 2.75) is 84.0 Å². The van der Waals surface area contributed by atoms with Crippen LogP contribution >= 0.6 is 22.7 Å². The van der Waals surface area contributed by atoms with E-state index in [9.17, 15) is 29.0 Å². The highest BCUT2D eigenvalue weighted by molar-refractivity contribution is 7.22. The average molecular weight is 992 g/mol. The topological polar surface area (TPSA) is 163 Å². The maximum atomic E-state index is 14.1. The second-order valence-corrected chi connectivity index (χ2v) is 21.2. The maximum Gasteiger partial charge on any atom is 0.246 e. The Bertz CT molecular complexity index is 2730. The van der Waals surface area contributed by atoms with Crippen LogP contribution in [0, 0.1) is 18.2 Å². The van der Waals surface area contributed by atoms with Gasteiger partial charge >= 0.3 is 0 Å². The number of aliphatic hydroxyl groups is 1. The Kier molecular flexibility index (Phi) is 16.3. The molecule has 4 heterocycles. The molecule has 4 N–H and O–H groups in total. The number of nitrogens with zero attached hydrogens (tertiary/aromatic N) is 3. The van der Waals surface area contributed by atoms with E-state index in [-0.39, 0.29) is 49.7 Å². The Balaban J connectivity index is 0.738. The van der Waals surface area contributed by atoms with Crippen LogP contribution in [-0.4, -0.2) is 114 Å². The first kappa shape index (κ1) is 50.6. The molecule has 6 aromatic rings. The summed E-state index contributed by atoms with van der Waals surface area (Å²) in [6, 6.07) is 25.5. The van der Waals surface area contributed by atoms with Crippen molar-refractivity contribution in [3.63, 3.8) is 0 Å². The fourth-order valence-corrected chi connectivity index (χ4v) is 11.1. The normalized spacial score (nSPS) is 17.7. The van der Waals surface area contributed by atoms with E-state index in [4.69, 9.17) is 14.2 Å². The first-order valence-corrected chi connectivity index (χ1v) is 25.6. The number of hydrogen-bond acceptors (Lipinski definition) is 12. The Labute approximate surface area is 416 Å². The van der Waals surface area contributed by atoms with Crippen molar-refractivity contribution in [2.75, 3.05) is 52.6 Å². The maximum absolute atomic E-state index is 14.1. The first-order chi connectivity index (χ1) is 33.6. The van der Waals surface area contributed by atoms with E-state index in [0.29, 0.717) is 30.6 Å². The number of likely N-dealkylation sites (tertiary alicyclic amines) is 2. The number of ether oxygens (including phenoxy) is 3. The quantitative estimate of drug-likeness (QED) is 0.0611. The lowest BCUT2D eigenvalue weighted by Crippen LogP contribution is -2.58. The number of fused-ring (bicyclic) bond motifs is 1. The van der Waals surface area contributed by atoms with Crippen molar-refractivity contribution in [2.24, 2.45) is 5.41 Å². The van der Waals surface area contributed by atoms with Gasteiger partial charge in [0.25, 0.3) is 0 Å². The van der Waals surface area contributed by atoms with Crippen molar-refractivity contribution in [1.29, 1.82) is 0 Å². The van der Waals surface area contributed by atoms with E-state index in [1.54, 1.807) is 35.6 Å². The van der Waals surface area contributed by atoms with Crippen molar-refractivity contribution < 1.29 is 43.2 Å².